The fourth-order valence-electron chi connectivity index (χ4n) is 4.82. The molecule has 1 atom stereocenters. The molecule has 164 valence electrons. The van der Waals surface area contributed by atoms with Crippen molar-refractivity contribution in [2.45, 2.75) is 41.3 Å². The van der Waals surface area contributed by atoms with Gasteiger partial charge in [-0.1, -0.05) is 23.9 Å². The molecule has 0 spiro atoms. The number of amides is 1. The number of halogens is 3. The minimum Gasteiger partial charge on any atom is -0.300 e. The molecule has 0 unspecified atom stereocenters. The number of anilines is 2. The minimum absolute atomic E-state index is 0.165. The zero-order chi connectivity index (χ0) is 21.6. The third kappa shape index (κ3) is 4.08. The molecule has 0 aromatic heterocycles. The van der Waals surface area contributed by atoms with Gasteiger partial charge in [0.25, 0.3) is 0 Å². The average Bonchev–Trinajstić information content (AvgIpc) is 3.22. The third-order valence-electron chi connectivity index (χ3n) is 6.42. The molecular formula is C23H24F3N3OS. The first kappa shape index (κ1) is 20.8. The first-order valence-corrected chi connectivity index (χ1v) is 11.5. The van der Waals surface area contributed by atoms with Crippen LogP contribution in [0.25, 0.3) is 0 Å². The quantitative estimate of drug-likeness (QED) is 0.661. The van der Waals surface area contributed by atoms with Crippen molar-refractivity contribution in [3.05, 3.63) is 48.0 Å². The van der Waals surface area contributed by atoms with Gasteiger partial charge in [0.15, 0.2) is 0 Å². The molecule has 0 radical (unpaired) electrons. The van der Waals surface area contributed by atoms with Gasteiger partial charge in [-0.2, -0.15) is 13.2 Å². The van der Waals surface area contributed by atoms with E-state index >= 15 is 0 Å². The van der Waals surface area contributed by atoms with Gasteiger partial charge in [-0.05, 0) is 49.7 Å². The monoisotopic (exact) mass is 447 g/mol. The third-order valence-corrected chi connectivity index (χ3v) is 7.55. The van der Waals surface area contributed by atoms with Crippen molar-refractivity contribution in [1.82, 2.24) is 9.80 Å². The van der Waals surface area contributed by atoms with Gasteiger partial charge in [-0.3, -0.25) is 19.5 Å². The lowest BCUT2D eigenvalue weighted by Gasteiger charge is -2.38. The minimum atomic E-state index is -4.45. The maximum atomic E-state index is 13.4. The molecular weight excluding hydrogens is 423 g/mol. The molecule has 3 aliphatic heterocycles. The van der Waals surface area contributed by atoms with Crippen LogP contribution in [0.15, 0.2) is 52.3 Å². The topological polar surface area (TPSA) is 26.8 Å². The highest BCUT2D eigenvalue weighted by molar-refractivity contribution is 7.99. The van der Waals surface area contributed by atoms with Crippen LogP contribution in [0.1, 0.15) is 24.8 Å². The van der Waals surface area contributed by atoms with Crippen LogP contribution in [0, 0.1) is 0 Å². The van der Waals surface area contributed by atoms with Gasteiger partial charge in [-0.15, -0.1) is 0 Å². The zero-order valence-electron chi connectivity index (χ0n) is 17.1. The first-order valence-electron chi connectivity index (χ1n) is 10.7. The number of hydrogen-bond donors (Lipinski definition) is 0. The number of alkyl halides is 3. The summed E-state index contributed by atoms with van der Waals surface area (Å²) in [5.74, 6) is -0.165. The predicted octanol–water partition coefficient (Wildman–Crippen LogP) is 5.00. The van der Waals surface area contributed by atoms with Gasteiger partial charge in [0.2, 0.25) is 5.91 Å². The number of benzene rings is 2. The molecule has 2 aromatic rings. The second-order valence-corrected chi connectivity index (χ2v) is 9.45. The molecule has 0 aliphatic carbocycles. The smallest absolute Gasteiger partial charge is 0.300 e. The number of carbonyl (C=O) groups is 1. The molecule has 3 heterocycles. The first-order chi connectivity index (χ1) is 14.9. The lowest BCUT2D eigenvalue weighted by molar-refractivity contribution is -0.137. The molecule has 2 saturated heterocycles. The molecule has 8 heteroatoms. The van der Waals surface area contributed by atoms with Crippen LogP contribution in [0.2, 0.25) is 0 Å². The lowest BCUT2D eigenvalue weighted by Crippen LogP contribution is -2.50. The van der Waals surface area contributed by atoms with Gasteiger partial charge in [0.1, 0.15) is 0 Å². The van der Waals surface area contributed by atoms with E-state index in [1.54, 1.807) is 6.07 Å². The Labute approximate surface area is 184 Å². The Bertz CT molecular complexity index is 996. The maximum Gasteiger partial charge on any atom is 0.416 e. The van der Waals surface area contributed by atoms with E-state index in [9.17, 15) is 18.0 Å². The SMILES string of the molecule is O=C(CCN1CCN2CCC[C@H]2C1)N1c2ccccc2Sc2ccc(C(F)(F)F)cc21. The van der Waals surface area contributed by atoms with Crippen LogP contribution in [0.5, 0.6) is 0 Å². The Morgan fingerprint density at radius 2 is 1.84 bits per heavy atom. The van der Waals surface area contributed by atoms with E-state index in [1.165, 1.54) is 35.6 Å². The zero-order valence-corrected chi connectivity index (χ0v) is 17.9. The van der Waals surface area contributed by atoms with E-state index in [2.05, 4.69) is 9.80 Å². The Hall–Kier alpha value is -2.03. The van der Waals surface area contributed by atoms with Crippen LogP contribution < -0.4 is 4.90 Å². The van der Waals surface area contributed by atoms with Crippen LogP contribution in [0.3, 0.4) is 0 Å². The Morgan fingerprint density at radius 1 is 1.03 bits per heavy atom. The number of fused-ring (bicyclic) bond motifs is 3. The summed E-state index contributed by atoms with van der Waals surface area (Å²) in [5, 5.41) is 0. The van der Waals surface area contributed by atoms with Gasteiger partial charge in [0, 0.05) is 48.4 Å². The molecule has 1 amide bonds. The molecule has 31 heavy (non-hydrogen) atoms. The fraction of sp³-hybridized carbons (Fsp3) is 0.435. The number of para-hydroxylation sites is 1. The highest BCUT2D eigenvalue weighted by atomic mass is 32.2. The molecule has 2 aromatic carbocycles. The molecule has 0 saturated carbocycles. The summed E-state index contributed by atoms with van der Waals surface area (Å²) < 4.78 is 40.1. The van der Waals surface area contributed by atoms with Crippen molar-refractivity contribution in [3.63, 3.8) is 0 Å². The number of rotatable bonds is 3. The molecule has 4 nitrogen and oxygen atoms in total. The Morgan fingerprint density at radius 3 is 2.68 bits per heavy atom. The summed E-state index contributed by atoms with van der Waals surface area (Å²) in [6, 6.07) is 11.6. The average molecular weight is 448 g/mol. The van der Waals surface area contributed by atoms with Crippen molar-refractivity contribution < 1.29 is 18.0 Å². The van der Waals surface area contributed by atoms with E-state index in [4.69, 9.17) is 0 Å². The number of hydrogen-bond acceptors (Lipinski definition) is 4. The van der Waals surface area contributed by atoms with Crippen LogP contribution in [-0.4, -0.2) is 54.5 Å². The number of carbonyl (C=O) groups excluding carboxylic acids is 1. The van der Waals surface area contributed by atoms with Crippen molar-refractivity contribution in [2.24, 2.45) is 0 Å². The summed E-state index contributed by atoms with van der Waals surface area (Å²) in [4.78, 5) is 21.2. The lowest BCUT2D eigenvalue weighted by atomic mass is 10.1. The Balaban J connectivity index is 1.39. The summed E-state index contributed by atoms with van der Waals surface area (Å²) in [5.41, 5.74) is 0.246. The van der Waals surface area contributed by atoms with E-state index < -0.39 is 11.7 Å². The van der Waals surface area contributed by atoms with E-state index in [-0.39, 0.29) is 12.3 Å². The highest BCUT2D eigenvalue weighted by Crippen LogP contribution is 2.49. The second-order valence-electron chi connectivity index (χ2n) is 8.36. The summed E-state index contributed by atoms with van der Waals surface area (Å²) in [7, 11) is 0. The fourth-order valence-corrected chi connectivity index (χ4v) is 5.86. The van der Waals surface area contributed by atoms with Crippen molar-refractivity contribution >= 4 is 29.0 Å². The standard InChI is InChI=1S/C23H24F3N3OS/c24-23(25,26)16-7-8-21-19(14-16)29(18-5-1-2-6-20(18)31-21)22(30)9-11-27-12-13-28-10-3-4-17(28)15-27/h1-2,5-8,14,17H,3-4,9-13,15H2/t17-/m0/s1. The highest BCUT2D eigenvalue weighted by Gasteiger charge is 2.35. The molecule has 2 fully saturated rings. The molecule has 3 aliphatic rings. The van der Waals surface area contributed by atoms with Gasteiger partial charge >= 0.3 is 6.18 Å². The van der Waals surface area contributed by atoms with Gasteiger partial charge in [0.05, 0.1) is 16.9 Å². The summed E-state index contributed by atoms with van der Waals surface area (Å²) in [6.07, 6.45) is -1.74. The molecule has 0 bridgehead atoms. The number of nitrogens with zero attached hydrogens (tertiary/aromatic N) is 3. The van der Waals surface area contributed by atoms with Crippen molar-refractivity contribution in [3.8, 4) is 0 Å². The predicted molar refractivity (Wildman–Crippen MR) is 115 cm³/mol. The van der Waals surface area contributed by atoms with Crippen molar-refractivity contribution in [2.75, 3.05) is 37.6 Å². The summed E-state index contributed by atoms with van der Waals surface area (Å²) >= 11 is 1.40. The van der Waals surface area contributed by atoms with Crippen LogP contribution in [-0.2, 0) is 11.0 Å². The van der Waals surface area contributed by atoms with Crippen LogP contribution >= 0.6 is 11.8 Å². The maximum absolute atomic E-state index is 13.4. The number of piperazine rings is 1. The van der Waals surface area contributed by atoms with E-state index in [0.29, 0.717) is 28.9 Å². The van der Waals surface area contributed by atoms with Crippen molar-refractivity contribution in [1.29, 1.82) is 0 Å². The normalized spacial score (nSPS) is 21.5. The summed E-state index contributed by atoms with van der Waals surface area (Å²) in [6.45, 7) is 4.72. The largest absolute Gasteiger partial charge is 0.416 e. The van der Waals surface area contributed by atoms with Crippen LogP contribution in [0.4, 0.5) is 24.5 Å². The van der Waals surface area contributed by atoms with E-state index in [1.807, 2.05) is 18.2 Å². The molecule has 0 N–H and O–H groups in total. The van der Waals surface area contributed by atoms with E-state index in [0.717, 1.165) is 43.2 Å². The second kappa shape index (κ2) is 8.15. The van der Waals surface area contributed by atoms with Gasteiger partial charge < -0.3 is 0 Å². The Kier molecular flexibility index (Phi) is 5.48. The molecule has 5 rings (SSSR count). The van der Waals surface area contributed by atoms with Gasteiger partial charge in [-0.25, -0.2) is 0 Å².